The van der Waals surface area contributed by atoms with Gasteiger partial charge >= 0.3 is 5.97 Å². The van der Waals surface area contributed by atoms with Gasteiger partial charge in [-0.25, -0.2) is 14.5 Å². The number of anilines is 1. The fraction of sp³-hybridized carbons (Fsp3) is 0.407. The van der Waals surface area contributed by atoms with E-state index in [1.165, 1.54) is 7.11 Å². The normalized spacial score (nSPS) is 21.4. The minimum atomic E-state index is -0.377. The number of amides is 1. The van der Waals surface area contributed by atoms with Gasteiger partial charge in [-0.05, 0) is 37.1 Å². The van der Waals surface area contributed by atoms with E-state index < -0.39 is 0 Å². The van der Waals surface area contributed by atoms with Crippen molar-refractivity contribution in [2.45, 2.75) is 37.9 Å². The van der Waals surface area contributed by atoms with E-state index in [1.807, 2.05) is 46.0 Å². The topological polar surface area (TPSA) is 83.8 Å². The van der Waals surface area contributed by atoms with Crippen molar-refractivity contribution in [3.63, 3.8) is 0 Å². The van der Waals surface area contributed by atoms with Gasteiger partial charge in [0.1, 0.15) is 5.82 Å². The third kappa shape index (κ3) is 4.24. The number of nitrogens with zero attached hydrogens (tertiary/aromatic N) is 6. The summed E-state index contributed by atoms with van der Waals surface area (Å²) in [4.78, 5) is 36.2. The number of para-hydroxylation sites is 1. The maximum atomic E-state index is 13.3. The molecular weight excluding hydrogens is 456 g/mol. The zero-order valence-electron chi connectivity index (χ0n) is 20.4. The van der Waals surface area contributed by atoms with Gasteiger partial charge < -0.3 is 14.5 Å². The van der Waals surface area contributed by atoms with Gasteiger partial charge in [-0.2, -0.15) is 5.10 Å². The van der Waals surface area contributed by atoms with Gasteiger partial charge in [0.25, 0.3) is 0 Å². The lowest BCUT2D eigenvalue weighted by molar-refractivity contribution is -0.133. The number of methoxy groups -OCH3 is 1. The molecule has 1 aromatic carbocycles. The third-order valence-electron chi connectivity index (χ3n) is 7.58. The fourth-order valence-corrected chi connectivity index (χ4v) is 5.80. The molecule has 9 heteroatoms. The van der Waals surface area contributed by atoms with Gasteiger partial charge in [0.05, 0.1) is 30.6 Å². The summed E-state index contributed by atoms with van der Waals surface area (Å²) >= 11 is 0. The second-order valence-electron chi connectivity index (χ2n) is 9.83. The third-order valence-corrected chi connectivity index (χ3v) is 7.58. The minimum absolute atomic E-state index is 0.182. The molecular formula is C27H30N6O3. The summed E-state index contributed by atoms with van der Waals surface area (Å²) in [6.45, 7) is 3.45. The van der Waals surface area contributed by atoms with E-state index in [4.69, 9.17) is 9.84 Å². The van der Waals surface area contributed by atoms with E-state index >= 15 is 0 Å². The van der Waals surface area contributed by atoms with Crippen LogP contribution in [0.5, 0.6) is 0 Å². The predicted octanol–water partition coefficient (Wildman–Crippen LogP) is 2.29. The quantitative estimate of drug-likeness (QED) is 0.512. The first-order valence-electron chi connectivity index (χ1n) is 12.5. The molecule has 3 aliphatic rings. The zero-order valence-corrected chi connectivity index (χ0v) is 20.4. The molecule has 3 aliphatic heterocycles. The number of piperazine rings is 1. The highest BCUT2D eigenvalue weighted by molar-refractivity contribution is 5.89. The van der Waals surface area contributed by atoms with Gasteiger partial charge in [0.2, 0.25) is 5.91 Å². The molecule has 6 rings (SSSR count). The number of carbonyl (C=O) groups excluding carboxylic acids is 2. The Labute approximate surface area is 210 Å². The molecule has 2 saturated heterocycles. The van der Waals surface area contributed by atoms with Gasteiger partial charge in [0, 0.05) is 62.6 Å². The van der Waals surface area contributed by atoms with Crippen LogP contribution in [0, 0.1) is 0 Å². The van der Waals surface area contributed by atoms with Crippen LogP contribution in [0.3, 0.4) is 0 Å². The number of esters is 1. The molecule has 36 heavy (non-hydrogen) atoms. The first-order chi connectivity index (χ1) is 17.6. The molecule has 3 aromatic rings. The summed E-state index contributed by atoms with van der Waals surface area (Å²) in [6, 6.07) is 14.4. The first kappa shape index (κ1) is 22.7. The minimum Gasteiger partial charge on any atom is -0.465 e. The summed E-state index contributed by atoms with van der Waals surface area (Å²) in [5.41, 5.74) is 3.70. The maximum absolute atomic E-state index is 13.3. The number of likely N-dealkylation sites (tertiary alicyclic amines) is 1. The van der Waals surface area contributed by atoms with E-state index in [0.717, 1.165) is 55.1 Å². The molecule has 0 aliphatic carbocycles. The Morgan fingerprint density at radius 1 is 1.06 bits per heavy atom. The van der Waals surface area contributed by atoms with Crippen LogP contribution < -0.4 is 4.90 Å². The van der Waals surface area contributed by atoms with E-state index in [9.17, 15) is 9.59 Å². The summed E-state index contributed by atoms with van der Waals surface area (Å²) in [7, 11) is 1.37. The molecule has 186 valence electrons. The van der Waals surface area contributed by atoms with Crippen molar-refractivity contribution in [2.24, 2.45) is 0 Å². The Bertz CT molecular complexity index is 1240. The molecule has 9 nitrogen and oxygen atoms in total. The number of hydrogen-bond acceptors (Lipinski definition) is 7. The van der Waals surface area contributed by atoms with Crippen molar-refractivity contribution >= 4 is 17.7 Å². The van der Waals surface area contributed by atoms with Crippen LogP contribution in [-0.4, -0.2) is 81.8 Å². The summed E-state index contributed by atoms with van der Waals surface area (Å²) in [5, 5.41) is 4.75. The standard InChI is InChI=1S/C27H30N6O3/c1-36-27(35)19-7-10-25(28-13-19)33-22-8-9-23(33)17-30(16-22)18-26(34)31-12-11-24-20(14-31)15-32(29-24)21-5-3-2-4-6-21/h2-7,10,13,15,22-23H,8-9,11-12,14,16-18H2,1H3. The van der Waals surface area contributed by atoms with Crippen LogP contribution in [0.25, 0.3) is 5.69 Å². The van der Waals surface area contributed by atoms with Crippen molar-refractivity contribution in [1.29, 1.82) is 0 Å². The molecule has 2 bridgehead atoms. The van der Waals surface area contributed by atoms with Crippen LogP contribution >= 0.6 is 0 Å². The molecule has 2 aromatic heterocycles. The number of hydrogen-bond donors (Lipinski definition) is 0. The van der Waals surface area contributed by atoms with Gasteiger partial charge in [-0.1, -0.05) is 18.2 Å². The van der Waals surface area contributed by atoms with Crippen molar-refractivity contribution in [3.05, 3.63) is 71.7 Å². The van der Waals surface area contributed by atoms with Crippen molar-refractivity contribution < 1.29 is 14.3 Å². The highest BCUT2D eigenvalue weighted by Crippen LogP contribution is 2.34. The molecule has 0 N–H and O–H groups in total. The monoisotopic (exact) mass is 486 g/mol. The van der Waals surface area contributed by atoms with E-state index in [1.54, 1.807) is 12.3 Å². The van der Waals surface area contributed by atoms with Gasteiger partial charge in [-0.15, -0.1) is 0 Å². The van der Waals surface area contributed by atoms with Crippen molar-refractivity contribution in [2.75, 3.05) is 38.2 Å². The number of aromatic nitrogens is 3. The number of ether oxygens (including phenoxy) is 1. The van der Waals surface area contributed by atoms with Crippen LogP contribution in [-0.2, 0) is 22.5 Å². The highest BCUT2D eigenvalue weighted by Gasteiger charge is 2.41. The zero-order chi connectivity index (χ0) is 24.6. The first-order valence-corrected chi connectivity index (χ1v) is 12.5. The van der Waals surface area contributed by atoms with Gasteiger partial charge in [-0.3, -0.25) is 9.69 Å². The fourth-order valence-electron chi connectivity index (χ4n) is 5.80. The smallest absolute Gasteiger partial charge is 0.339 e. The lowest BCUT2D eigenvalue weighted by Gasteiger charge is -2.42. The SMILES string of the molecule is COC(=O)c1ccc(N2C3CCC2CN(CC(=O)N2CCc4nn(-c5ccccc5)cc4C2)C3)nc1. The Morgan fingerprint density at radius 3 is 2.53 bits per heavy atom. The number of pyridine rings is 1. The lowest BCUT2D eigenvalue weighted by Crippen LogP contribution is -2.56. The van der Waals surface area contributed by atoms with Crippen LogP contribution in [0.2, 0.25) is 0 Å². The van der Waals surface area contributed by atoms with E-state index in [-0.39, 0.29) is 11.9 Å². The molecule has 0 radical (unpaired) electrons. The van der Waals surface area contributed by atoms with Crippen molar-refractivity contribution in [1.82, 2.24) is 24.6 Å². The van der Waals surface area contributed by atoms with Crippen LogP contribution in [0.15, 0.2) is 54.9 Å². The summed E-state index contributed by atoms with van der Waals surface area (Å²) in [6.07, 6.45) is 6.60. The average Bonchev–Trinajstić information content (AvgIpc) is 3.46. The molecule has 2 fully saturated rings. The molecule has 1 amide bonds. The number of rotatable bonds is 5. The van der Waals surface area contributed by atoms with E-state index in [2.05, 4.69) is 21.0 Å². The second kappa shape index (κ2) is 9.39. The second-order valence-corrected chi connectivity index (χ2v) is 9.83. The summed E-state index contributed by atoms with van der Waals surface area (Å²) in [5.74, 6) is 0.694. The van der Waals surface area contributed by atoms with Crippen LogP contribution in [0.1, 0.15) is 34.5 Å². The van der Waals surface area contributed by atoms with Gasteiger partial charge in [0.15, 0.2) is 0 Å². The summed E-state index contributed by atoms with van der Waals surface area (Å²) < 4.78 is 6.70. The molecule has 5 heterocycles. The number of benzene rings is 1. The number of fused-ring (bicyclic) bond motifs is 3. The Morgan fingerprint density at radius 2 is 1.83 bits per heavy atom. The number of carbonyl (C=O) groups is 2. The van der Waals surface area contributed by atoms with E-state index in [0.29, 0.717) is 37.3 Å². The molecule has 2 atom stereocenters. The van der Waals surface area contributed by atoms with Crippen LogP contribution in [0.4, 0.5) is 5.82 Å². The Kier molecular flexibility index (Phi) is 5.92. The molecule has 0 spiro atoms. The predicted molar refractivity (Wildman–Crippen MR) is 134 cm³/mol. The molecule has 0 saturated carbocycles. The lowest BCUT2D eigenvalue weighted by atomic mass is 10.1. The average molecular weight is 487 g/mol. The molecule has 2 unspecified atom stereocenters. The Balaban J connectivity index is 1.08. The highest BCUT2D eigenvalue weighted by atomic mass is 16.5. The largest absolute Gasteiger partial charge is 0.465 e. The van der Waals surface area contributed by atoms with Crippen molar-refractivity contribution in [3.8, 4) is 5.69 Å². The maximum Gasteiger partial charge on any atom is 0.339 e. The Hall–Kier alpha value is -3.72.